The molecule has 4 rings (SSSR count). The van der Waals surface area contributed by atoms with E-state index in [0.717, 1.165) is 37.1 Å². The molecular formula is C31H44ClN5O4S. The first-order valence-electron chi connectivity index (χ1n) is 15.0. The first kappa shape index (κ1) is 32.3. The van der Waals surface area contributed by atoms with Gasteiger partial charge >= 0.3 is 6.09 Å². The Morgan fingerprint density at radius 1 is 1.07 bits per heavy atom. The Kier molecular flexibility index (Phi) is 12.5. The molecule has 1 aliphatic carbocycles. The summed E-state index contributed by atoms with van der Waals surface area (Å²) in [5.41, 5.74) is 0. The van der Waals surface area contributed by atoms with Crippen LogP contribution in [0.3, 0.4) is 0 Å². The van der Waals surface area contributed by atoms with Crippen LogP contribution in [-0.4, -0.2) is 91.0 Å². The van der Waals surface area contributed by atoms with Crippen LogP contribution < -0.4 is 15.4 Å². The van der Waals surface area contributed by atoms with E-state index in [1.165, 1.54) is 24.2 Å². The molecule has 2 aromatic rings. The van der Waals surface area contributed by atoms with E-state index >= 15 is 0 Å². The molecule has 0 spiro atoms. The average Bonchev–Trinajstić information content (AvgIpc) is 3.52. The Labute approximate surface area is 258 Å². The number of hydrogen-bond donors (Lipinski definition) is 2. The zero-order chi connectivity index (χ0) is 29.9. The van der Waals surface area contributed by atoms with Gasteiger partial charge in [0.15, 0.2) is 5.75 Å². The molecule has 1 aromatic carbocycles. The highest BCUT2D eigenvalue weighted by Crippen LogP contribution is 2.25. The summed E-state index contributed by atoms with van der Waals surface area (Å²) in [6.07, 6.45) is 7.72. The van der Waals surface area contributed by atoms with E-state index < -0.39 is 12.1 Å². The molecule has 2 fully saturated rings. The normalized spacial score (nSPS) is 18.6. The van der Waals surface area contributed by atoms with E-state index in [9.17, 15) is 14.4 Å². The van der Waals surface area contributed by atoms with Gasteiger partial charge in [0.1, 0.15) is 6.04 Å². The lowest BCUT2D eigenvalue weighted by Crippen LogP contribution is -2.64. The molecule has 2 heterocycles. The molecule has 42 heavy (non-hydrogen) atoms. The van der Waals surface area contributed by atoms with Crippen molar-refractivity contribution in [3.8, 4) is 5.75 Å². The molecule has 2 aliphatic rings. The number of carbonyl (C=O) groups is 3. The number of unbranched alkanes of at least 4 members (excludes halogenated alkanes) is 1. The molecule has 0 bridgehead atoms. The van der Waals surface area contributed by atoms with Crippen molar-refractivity contribution in [3.05, 3.63) is 51.7 Å². The second kappa shape index (κ2) is 16.3. The van der Waals surface area contributed by atoms with Crippen molar-refractivity contribution in [2.75, 3.05) is 40.3 Å². The van der Waals surface area contributed by atoms with Crippen molar-refractivity contribution in [1.82, 2.24) is 25.3 Å². The third kappa shape index (κ3) is 9.42. The number of rotatable bonds is 12. The Hall–Kier alpha value is -2.66. The number of piperazine rings is 1. The third-order valence-electron chi connectivity index (χ3n) is 7.96. The molecule has 1 aromatic heterocycles. The predicted molar refractivity (Wildman–Crippen MR) is 167 cm³/mol. The molecule has 1 aliphatic heterocycles. The maximum atomic E-state index is 14.2. The van der Waals surface area contributed by atoms with Gasteiger partial charge in [-0.25, -0.2) is 4.79 Å². The van der Waals surface area contributed by atoms with E-state index in [1.807, 2.05) is 17.5 Å². The molecule has 2 atom stereocenters. The number of ether oxygens (including phenoxy) is 1. The summed E-state index contributed by atoms with van der Waals surface area (Å²) in [6, 6.07) is 9.78. The number of halogens is 1. The van der Waals surface area contributed by atoms with Gasteiger partial charge in [0, 0.05) is 24.0 Å². The first-order valence-corrected chi connectivity index (χ1v) is 16.3. The van der Waals surface area contributed by atoms with E-state index in [-0.39, 0.29) is 43.2 Å². The monoisotopic (exact) mass is 617 g/mol. The van der Waals surface area contributed by atoms with Crippen LogP contribution in [0.2, 0.25) is 5.02 Å². The van der Waals surface area contributed by atoms with Crippen LogP contribution in [0.1, 0.15) is 56.2 Å². The lowest BCUT2D eigenvalue weighted by molar-refractivity contribution is -0.145. The van der Waals surface area contributed by atoms with Gasteiger partial charge in [-0.15, -0.1) is 11.3 Å². The second-order valence-corrected chi connectivity index (χ2v) is 12.9. The lowest BCUT2D eigenvalue weighted by atomic mass is 9.94. The van der Waals surface area contributed by atoms with Crippen LogP contribution >= 0.6 is 22.9 Å². The van der Waals surface area contributed by atoms with Crippen molar-refractivity contribution in [3.63, 3.8) is 0 Å². The van der Waals surface area contributed by atoms with Gasteiger partial charge in [-0.2, -0.15) is 0 Å². The minimum absolute atomic E-state index is 0.0437. The maximum absolute atomic E-state index is 14.2. The Bertz CT molecular complexity index is 1160. The number of para-hydroxylation sites is 1. The number of nitrogens with one attached hydrogen (secondary N) is 2. The van der Waals surface area contributed by atoms with Crippen LogP contribution in [0.25, 0.3) is 0 Å². The topological polar surface area (TPSA) is 94.2 Å². The van der Waals surface area contributed by atoms with Crippen LogP contribution in [-0.2, 0) is 16.1 Å². The van der Waals surface area contributed by atoms with Gasteiger partial charge in [0.2, 0.25) is 11.8 Å². The minimum atomic E-state index is -0.831. The van der Waals surface area contributed by atoms with Crippen molar-refractivity contribution in [2.45, 2.75) is 76.0 Å². The van der Waals surface area contributed by atoms with Gasteiger partial charge in [-0.3, -0.25) is 9.59 Å². The molecule has 11 heteroatoms. The quantitative estimate of drug-likeness (QED) is 0.334. The van der Waals surface area contributed by atoms with E-state index in [0.29, 0.717) is 24.0 Å². The van der Waals surface area contributed by atoms with E-state index in [2.05, 4.69) is 29.6 Å². The summed E-state index contributed by atoms with van der Waals surface area (Å²) in [5.74, 6) is -0.0901. The molecule has 0 unspecified atom stereocenters. The molecule has 3 amide bonds. The molecule has 1 saturated heterocycles. The molecule has 1 saturated carbocycles. The smallest absolute Gasteiger partial charge is 0.409 e. The molecule has 0 radical (unpaired) electrons. The van der Waals surface area contributed by atoms with Gasteiger partial charge in [0.25, 0.3) is 0 Å². The van der Waals surface area contributed by atoms with Crippen molar-refractivity contribution in [2.24, 2.45) is 0 Å². The van der Waals surface area contributed by atoms with Gasteiger partial charge in [-0.05, 0) is 69.9 Å². The average molecular weight is 618 g/mol. The third-order valence-corrected chi connectivity index (χ3v) is 9.15. The number of nitrogens with zero attached hydrogens (tertiary/aromatic N) is 3. The number of hydrogen-bond acceptors (Lipinski definition) is 7. The minimum Gasteiger partial charge on any atom is -0.409 e. The highest BCUT2D eigenvalue weighted by Gasteiger charge is 2.40. The highest BCUT2D eigenvalue weighted by molar-refractivity contribution is 7.09. The number of amides is 3. The summed E-state index contributed by atoms with van der Waals surface area (Å²) in [6.45, 7) is 1.88. The molecule has 9 nitrogen and oxygen atoms in total. The van der Waals surface area contributed by atoms with E-state index in [4.69, 9.17) is 16.3 Å². The summed E-state index contributed by atoms with van der Waals surface area (Å²) in [5, 5.41) is 8.96. The number of thiophene rings is 1. The van der Waals surface area contributed by atoms with Crippen molar-refractivity contribution in [1.29, 1.82) is 0 Å². The number of carbonyl (C=O) groups excluding carboxylic acids is 3. The van der Waals surface area contributed by atoms with Crippen molar-refractivity contribution < 1.29 is 19.1 Å². The van der Waals surface area contributed by atoms with Crippen molar-refractivity contribution >= 4 is 40.8 Å². The zero-order valence-electron chi connectivity index (χ0n) is 24.7. The second-order valence-electron chi connectivity index (χ2n) is 11.4. The Morgan fingerprint density at radius 2 is 1.86 bits per heavy atom. The maximum Gasteiger partial charge on any atom is 0.415 e. The molecular weight excluding hydrogens is 574 g/mol. The summed E-state index contributed by atoms with van der Waals surface area (Å²) in [4.78, 5) is 47.3. The lowest BCUT2D eigenvalue weighted by Gasteiger charge is -2.42. The standard InChI is InChI=1S/C31H44ClN5O4S/c1-35(2)17-9-8-15-26(34-23-11-4-3-5-12-23)30(39)37-19-18-36(31(40)41-28-16-7-6-14-25(28)32)22-27(37)29(38)33-21-24-13-10-20-42-24/h6-7,10,13-14,16,20,23,26-27,34H,3-5,8-9,11-12,15,17-19,21-22H2,1-2H3,(H,33,38)/t26-,27+/m1/s1. The Morgan fingerprint density at radius 3 is 2.57 bits per heavy atom. The van der Waals surface area contributed by atoms with Gasteiger partial charge in [0.05, 0.1) is 24.2 Å². The molecule has 230 valence electrons. The van der Waals surface area contributed by atoms with Gasteiger partial charge in [-0.1, -0.05) is 55.5 Å². The fraction of sp³-hybridized carbons (Fsp3) is 0.581. The van der Waals surface area contributed by atoms with Crippen LogP contribution in [0, 0.1) is 0 Å². The summed E-state index contributed by atoms with van der Waals surface area (Å²) in [7, 11) is 4.11. The van der Waals surface area contributed by atoms with Gasteiger partial charge < -0.3 is 30.1 Å². The first-order chi connectivity index (χ1) is 20.3. The van der Waals surface area contributed by atoms with Crippen LogP contribution in [0.15, 0.2) is 41.8 Å². The fourth-order valence-electron chi connectivity index (χ4n) is 5.64. The largest absolute Gasteiger partial charge is 0.415 e. The van der Waals surface area contributed by atoms with E-state index in [1.54, 1.807) is 40.5 Å². The SMILES string of the molecule is CN(C)CCCC[C@@H](NC1CCCCC1)C(=O)N1CCN(C(=O)Oc2ccccc2Cl)C[C@H]1C(=O)NCc1cccs1. The zero-order valence-corrected chi connectivity index (χ0v) is 26.3. The summed E-state index contributed by atoms with van der Waals surface area (Å²) < 4.78 is 5.57. The molecule has 2 N–H and O–H groups in total. The fourth-order valence-corrected chi connectivity index (χ4v) is 6.46. The Balaban J connectivity index is 1.49. The van der Waals surface area contributed by atoms with Crippen LogP contribution in [0.5, 0.6) is 5.75 Å². The highest BCUT2D eigenvalue weighted by atomic mass is 35.5. The summed E-state index contributed by atoms with van der Waals surface area (Å²) >= 11 is 7.76. The number of benzene rings is 1. The van der Waals surface area contributed by atoms with Crippen LogP contribution in [0.4, 0.5) is 4.79 Å². The predicted octanol–water partition coefficient (Wildman–Crippen LogP) is 4.75.